The molecule has 0 aromatic rings. The maximum atomic E-state index is 12.2. The van der Waals surface area contributed by atoms with Gasteiger partial charge >= 0.3 is 0 Å². The molecule has 1 amide bonds. The molecule has 4 heteroatoms. The zero-order valence-corrected chi connectivity index (χ0v) is 11.0. The lowest BCUT2D eigenvalue weighted by molar-refractivity contribution is -0.134. The van der Waals surface area contributed by atoms with Gasteiger partial charge in [0.15, 0.2) is 0 Å². The molecular formula is C12H24N2O2. The smallest absolute Gasteiger partial charge is 0.241 e. The van der Waals surface area contributed by atoms with Crippen LogP contribution in [0.15, 0.2) is 0 Å². The molecule has 1 fully saturated rings. The molecule has 3 atom stereocenters. The van der Waals surface area contributed by atoms with Gasteiger partial charge in [0.25, 0.3) is 0 Å². The summed E-state index contributed by atoms with van der Waals surface area (Å²) < 4.78 is 5.22. The first-order valence-electron chi connectivity index (χ1n) is 6.10. The fraction of sp³-hybridized carbons (Fsp3) is 0.917. The number of carbonyl (C=O) groups is 1. The predicted molar refractivity (Wildman–Crippen MR) is 64.0 cm³/mol. The van der Waals surface area contributed by atoms with Crippen molar-refractivity contribution in [2.45, 2.75) is 52.4 Å². The lowest BCUT2D eigenvalue weighted by Gasteiger charge is -2.33. The minimum Gasteiger partial charge on any atom is -0.383 e. The first kappa shape index (κ1) is 13.5. The van der Waals surface area contributed by atoms with Crippen molar-refractivity contribution in [3.63, 3.8) is 0 Å². The van der Waals surface area contributed by atoms with E-state index in [2.05, 4.69) is 19.2 Å². The van der Waals surface area contributed by atoms with Crippen LogP contribution >= 0.6 is 0 Å². The Labute approximate surface area is 98.3 Å². The second-order valence-electron chi connectivity index (χ2n) is 4.82. The van der Waals surface area contributed by atoms with Gasteiger partial charge in [-0.25, -0.2) is 0 Å². The number of carbonyl (C=O) groups excluding carboxylic acids is 1. The Morgan fingerprint density at radius 3 is 2.50 bits per heavy atom. The second-order valence-corrected chi connectivity index (χ2v) is 4.82. The highest BCUT2D eigenvalue weighted by Crippen LogP contribution is 2.21. The van der Waals surface area contributed by atoms with Crippen molar-refractivity contribution in [2.24, 2.45) is 5.92 Å². The van der Waals surface area contributed by atoms with Crippen LogP contribution in [-0.4, -0.2) is 42.8 Å². The Balaban J connectivity index is 2.80. The SMILES string of the molecule is CCC1NC(C)N(C(COC)C(C)C)C1=O. The molecule has 0 aliphatic carbocycles. The highest BCUT2D eigenvalue weighted by atomic mass is 16.5. The van der Waals surface area contributed by atoms with Gasteiger partial charge in [-0.3, -0.25) is 10.1 Å². The van der Waals surface area contributed by atoms with E-state index >= 15 is 0 Å². The van der Waals surface area contributed by atoms with Gasteiger partial charge in [-0.15, -0.1) is 0 Å². The van der Waals surface area contributed by atoms with Gasteiger partial charge < -0.3 is 9.64 Å². The number of rotatable bonds is 5. The van der Waals surface area contributed by atoms with Crippen molar-refractivity contribution in [1.29, 1.82) is 0 Å². The van der Waals surface area contributed by atoms with Gasteiger partial charge in [-0.1, -0.05) is 20.8 Å². The first-order chi connectivity index (χ1) is 7.52. The Bertz CT molecular complexity index is 243. The lowest BCUT2D eigenvalue weighted by atomic mass is 10.0. The Morgan fingerprint density at radius 1 is 1.50 bits per heavy atom. The van der Waals surface area contributed by atoms with Crippen LogP contribution in [0, 0.1) is 5.92 Å². The van der Waals surface area contributed by atoms with Gasteiger partial charge in [0.1, 0.15) is 0 Å². The van der Waals surface area contributed by atoms with Gasteiger partial charge in [-0.05, 0) is 19.3 Å². The molecule has 1 saturated heterocycles. The average Bonchev–Trinajstić information content (AvgIpc) is 2.51. The van der Waals surface area contributed by atoms with Gasteiger partial charge in [0.05, 0.1) is 24.9 Å². The lowest BCUT2D eigenvalue weighted by Crippen LogP contribution is -2.48. The maximum absolute atomic E-state index is 12.2. The number of nitrogens with one attached hydrogen (secondary N) is 1. The van der Waals surface area contributed by atoms with Crippen LogP contribution in [0.1, 0.15) is 34.1 Å². The quantitative estimate of drug-likeness (QED) is 0.769. The van der Waals surface area contributed by atoms with Crippen molar-refractivity contribution >= 4 is 5.91 Å². The van der Waals surface area contributed by atoms with E-state index in [0.717, 1.165) is 6.42 Å². The second kappa shape index (κ2) is 5.64. The molecule has 0 aromatic heterocycles. The number of amides is 1. The van der Waals surface area contributed by atoms with E-state index in [1.54, 1.807) is 7.11 Å². The third-order valence-corrected chi connectivity index (χ3v) is 3.28. The number of hydrogen-bond acceptors (Lipinski definition) is 3. The molecule has 1 heterocycles. The molecule has 1 aliphatic heterocycles. The number of nitrogens with zero attached hydrogens (tertiary/aromatic N) is 1. The monoisotopic (exact) mass is 228 g/mol. The van der Waals surface area contributed by atoms with Gasteiger partial charge in [-0.2, -0.15) is 0 Å². The van der Waals surface area contributed by atoms with Crippen molar-refractivity contribution in [2.75, 3.05) is 13.7 Å². The molecule has 0 aromatic carbocycles. The third kappa shape index (κ3) is 2.55. The summed E-state index contributed by atoms with van der Waals surface area (Å²) in [6, 6.07) is 0.143. The van der Waals surface area contributed by atoms with E-state index < -0.39 is 0 Å². The fourth-order valence-electron chi connectivity index (χ4n) is 2.32. The molecular weight excluding hydrogens is 204 g/mol. The summed E-state index contributed by atoms with van der Waals surface area (Å²) in [7, 11) is 1.69. The molecule has 16 heavy (non-hydrogen) atoms. The van der Waals surface area contributed by atoms with E-state index in [1.165, 1.54) is 0 Å². The normalized spacial score (nSPS) is 27.9. The first-order valence-corrected chi connectivity index (χ1v) is 6.10. The molecule has 0 saturated carbocycles. The molecule has 1 N–H and O–H groups in total. The van der Waals surface area contributed by atoms with Crippen molar-refractivity contribution in [3.05, 3.63) is 0 Å². The van der Waals surface area contributed by atoms with Crippen molar-refractivity contribution in [1.82, 2.24) is 10.2 Å². The zero-order chi connectivity index (χ0) is 12.3. The summed E-state index contributed by atoms with van der Waals surface area (Å²) in [4.78, 5) is 14.1. The third-order valence-electron chi connectivity index (χ3n) is 3.28. The van der Waals surface area contributed by atoms with Gasteiger partial charge in [0.2, 0.25) is 5.91 Å². The zero-order valence-electron chi connectivity index (χ0n) is 11.0. The molecule has 3 unspecified atom stereocenters. The van der Waals surface area contributed by atoms with Crippen molar-refractivity contribution in [3.8, 4) is 0 Å². The highest BCUT2D eigenvalue weighted by Gasteiger charge is 2.40. The van der Waals surface area contributed by atoms with Crippen LogP contribution in [0.5, 0.6) is 0 Å². The van der Waals surface area contributed by atoms with Crippen LogP contribution in [0.3, 0.4) is 0 Å². The van der Waals surface area contributed by atoms with E-state index in [1.807, 2.05) is 18.7 Å². The van der Waals surface area contributed by atoms with Crippen LogP contribution in [0.4, 0.5) is 0 Å². The van der Waals surface area contributed by atoms with E-state index in [9.17, 15) is 4.79 Å². The van der Waals surface area contributed by atoms with E-state index in [-0.39, 0.29) is 24.2 Å². The van der Waals surface area contributed by atoms with Gasteiger partial charge in [0, 0.05) is 7.11 Å². The molecule has 1 rings (SSSR count). The molecule has 1 aliphatic rings. The van der Waals surface area contributed by atoms with Crippen LogP contribution < -0.4 is 5.32 Å². The molecule has 0 spiro atoms. The summed E-state index contributed by atoms with van der Waals surface area (Å²) in [5, 5.41) is 3.32. The van der Waals surface area contributed by atoms with E-state index in [4.69, 9.17) is 4.74 Å². The summed E-state index contributed by atoms with van der Waals surface area (Å²) in [6.07, 6.45) is 0.956. The minimum absolute atomic E-state index is 0.0203. The van der Waals surface area contributed by atoms with Crippen LogP contribution in [-0.2, 0) is 9.53 Å². The summed E-state index contributed by atoms with van der Waals surface area (Å²) >= 11 is 0. The number of ether oxygens (including phenoxy) is 1. The van der Waals surface area contributed by atoms with Crippen LogP contribution in [0.2, 0.25) is 0 Å². The predicted octanol–water partition coefficient (Wildman–Crippen LogP) is 1.21. The highest BCUT2D eigenvalue weighted by molar-refractivity contribution is 5.84. The topological polar surface area (TPSA) is 41.6 Å². The number of hydrogen-bond donors (Lipinski definition) is 1. The molecule has 0 bridgehead atoms. The Hall–Kier alpha value is -0.610. The van der Waals surface area contributed by atoms with E-state index in [0.29, 0.717) is 12.5 Å². The van der Waals surface area contributed by atoms with Crippen LogP contribution in [0.25, 0.3) is 0 Å². The Morgan fingerprint density at radius 2 is 2.12 bits per heavy atom. The molecule has 0 radical (unpaired) electrons. The molecule has 94 valence electrons. The average molecular weight is 228 g/mol. The number of methoxy groups -OCH3 is 1. The maximum Gasteiger partial charge on any atom is 0.241 e. The fourth-order valence-corrected chi connectivity index (χ4v) is 2.32. The summed E-state index contributed by atoms with van der Waals surface area (Å²) in [6.45, 7) is 8.93. The Kier molecular flexibility index (Phi) is 4.74. The standard InChI is InChI=1S/C12H24N2O2/c1-6-10-12(15)14(9(4)13-10)11(7-16-5)8(2)3/h8-11,13H,6-7H2,1-5H3. The minimum atomic E-state index is -0.0203. The summed E-state index contributed by atoms with van der Waals surface area (Å²) in [5.74, 6) is 0.620. The summed E-state index contributed by atoms with van der Waals surface area (Å²) in [5.41, 5.74) is 0. The molecule has 4 nitrogen and oxygen atoms in total. The van der Waals surface area contributed by atoms with Crippen molar-refractivity contribution < 1.29 is 9.53 Å². The largest absolute Gasteiger partial charge is 0.383 e.